The lowest BCUT2D eigenvalue weighted by Crippen LogP contribution is -2.21. The van der Waals surface area contributed by atoms with Gasteiger partial charge in [0.15, 0.2) is 0 Å². The Morgan fingerprint density at radius 2 is 2.20 bits per heavy atom. The Balaban J connectivity index is 0.00000220. The Morgan fingerprint density at radius 1 is 1.30 bits per heavy atom. The molecule has 0 spiro atoms. The first-order chi connectivity index (χ1) is 9.79. The van der Waals surface area contributed by atoms with E-state index in [1.165, 1.54) is 12.4 Å². The molecule has 1 heterocycles. The predicted octanol–water partition coefficient (Wildman–Crippen LogP) is 1.78. The molecule has 0 saturated carbocycles. The van der Waals surface area contributed by atoms with Crippen LogP contribution in [-0.4, -0.2) is 34.8 Å². The molecule has 2 aromatic rings. The maximum absolute atomic E-state index is 13.7. The summed E-state index contributed by atoms with van der Waals surface area (Å²) in [4.78, 5) is 7.74. The summed E-state index contributed by atoms with van der Waals surface area (Å²) in [5.74, 6) is 0.670. The van der Waals surface area contributed by atoms with Crippen LogP contribution < -0.4 is 10.1 Å². The van der Waals surface area contributed by atoms with Gasteiger partial charge < -0.3 is 15.2 Å². The minimum Gasteiger partial charge on any atom is -0.439 e. The number of nitrogens with one attached hydrogen (secondary N) is 1. The fourth-order valence-corrected chi connectivity index (χ4v) is 1.69. The van der Waals surface area contributed by atoms with Crippen LogP contribution in [0.15, 0.2) is 36.8 Å². The third-order valence-electron chi connectivity index (χ3n) is 2.65. The number of ether oxygens (including phenoxy) is 1. The lowest BCUT2D eigenvalue weighted by molar-refractivity contribution is 0.292. The summed E-state index contributed by atoms with van der Waals surface area (Å²) < 4.78 is 19.2. The van der Waals surface area contributed by atoms with Gasteiger partial charge in [0.25, 0.3) is 0 Å². The van der Waals surface area contributed by atoms with Crippen molar-refractivity contribution < 1.29 is 15.7 Å². The summed E-state index contributed by atoms with van der Waals surface area (Å²) in [6.07, 6.45) is 3.48. The van der Waals surface area contributed by atoms with Gasteiger partial charge in [-0.25, -0.2) is 14.4 Å². The molecule has 1 aromatic carbocycles. The van der Waals surface area contributed by atoms with E-state index in [0.717, 1.165) is 0 Å². The Morgan fingerprint density at radius 3 is 2.95 bits per heavy atom. The van der Waals surface area contributed by atoms with Crippen LogP contribution in [0.25, 0.3) is 0 Å². The molecule has 1 aromatic heterocycles. The van der Waals surface area contributed by atoms with Crippen LogP contribution in [0.1, 0.15) is 6.99 Å². The van der Waals surface area contributed by atoms with E-state index >= 15 is 0 Å². The van der Waals surface area contributed by atoms with Crippen molar-refractivity contribution in [1.29, 1.82) is 0 Å². The summed E-state index contributed by atoms with van der Waals surface area (Å²) in [5, 5.41) is 11.7. The zero-order chi connectivity index (χ0) is 14.2. The Bertz CT molecular complexity index is 543. The number of aromatic nitrogens is 2. The number of nitrogens with zero attached hydrogens (tertiary/aromatic N) is 2. The van der Waals surface area contributed by atoms with E-state index in [1.54, 1.807) is 24.4 Å². The van der Waals surface area contributed by atoms with E-state index in [4.69, 9.17) is 9.84 Å². The van der Waals surface area contributed by atoms with Gasteiger partial charge in [0.2, 0.25) is 5.88 Å². The van der Waals surface area contributed by atoms with Crippen LogP contribution in [0.3, 0.4) is 0 Å². The second-order valence-electron chi connectivity index (χ2n) is 4.13. The molecule has 0 aliphatic carbocycles. The van der Waals surface area contributed by atoms with Crippen molar-refractivity contribution >= 4 is 0 Å². The molecule has 0 amide bonds. The van der Waals surface area contributed by atoms with Crippen molar-refractivity contribution in [1.82, 2.24) is 15.3 Å². The molecule has 0 aliphatic rings. The van der Waals surface area contributed by atoms with E-state index in [9.17, 15) is 4.39 Å². The number of hydrogen-bond donors (Lipinski definition) is 2. The Kier molecular flexibility index (Phi) is 5.40. The van der Waals surface area contributed by atoms with Gasteiger partial charge in [0.05, 0.1) is 6.61 Å². The Hall–Kier alpha value is -2.05. The van der Waals surface area contributed by atoms with Gasteiger partial charge in [0.1, 0.15) is 17.9 Å². The maximum atomic E-state index is 13.7. The summed E-state index contributed by atoms with van der Waals surface area (Å²) in [7, 11) is 0. The van der Waals surface area contributed by atoms with Crippen molar-refractivity contribution in [3.05, 3.63) is 48.2 Å². The van der Waals surface area contributed by atoms with E-state index in [2.05, 4.69) is 15.3 Å². The second kappa shape index (κ2) is 7.52. The third-order valence-corrected chi connectivity index (χ3v) is 2.65. The van der Waals surface area contributed by atoms with E-state index in [-0.39, 0.29) is 13.9 Å². The highest BCUT2D eigenvalue weighted by molar-refractivity contribution is 5.32. The zero-order valence-electron chi connectivity index (χ0n) is 10.9. The summed E-state index contributed by atoms with van der Waals surface area (Å²) >= 11 is 0. The van der Waals surface area contributed by atoms with Gasteiger partial charge >= 0.3 is 0 Å². The zero-order valence-corrected chi connectivity index (χ0v) is 10.9. The number of halogens is 1. The number of hydrogen-bond acceptors (Lipinski definition) is 5. The molecule has 0 fully saturated rings. The van der Waals surface area contributed by atoms with Crippen LogP contribution in [-0.2, 0) is 6.42 Å². The maximum Gasteiger partial charge on any atom is 0.222 e. The largest absolute Gasteiger partial charge is 0.439 e. The van der Waals surface area contributed by atoms with Crippen molar-refractivity contribution in [3.63, 3.8) is 0 Å². The van der Waals surface area contributed by atoms with Crippen LogP contribution in [0.2, 0.25) is 0 Å². The lowest BCUT2D eigenvalue weighted by Gasteiger charge is -2.08. The molecule has 0 aliphatic heterocycles. The standard InChI is InChI=1S/C14H16FN3O2.H2/c15-13-2-1-12(20-14-4-6-17-10-18-14)9-11(13)3-5-16-7-8-19;/h1-2,4,6,9-10,16,19H,3,5,7-8H2;1H. The molecule has 0 atom stereocenters. The van der Waals surface area contributed by atoms with Gasteiger partial charge in [-0.05, 0) is 36.7 Å². The average Bonchev–Trinajstić information content (AvgIpc) is 2.48. The number of aliphatic hydroxyl groups excluding tert-OH is 1. The van der Waals surface area contributed by atoms with Crippen LogP contribution >= 0.6 is 0 Å². The highest BCUT2D eigenvalue weighted by Crippen LogP contribution is 2.21. The van der Waals surface area contributed by atoms with Gasteiger partial charge in [-0.3, -0.25) is 0 Å². The normalized spacial score (nSPS) is 10.5. The van der Waals surface area contributed by atoms with Crippen molar-refractivity contribution in [3.8, 4) is 11.6 Å². The van der Waals surface area contributed by atoms with E-state index in [0.29, 0.717) is 36.7 Å². The quantitative estimate of drug-likeness (QED) is 0.756. The smallest absolute Gasteiger partial charge is 0.222 e. The first-order valence-electron chi connectivity index (χ1n) is 6.33. The molecule has 2 rings (SSSR count). The van der Waals surface area contributed by atoms with Crippen molar-refractivity contribution in [2.75, 3.05) is 19.7 Å². The summed E-state index contributed by atoms with van der Waals surface area (Å²) in [6.45, 7) is 1.16. The molecule has 0 radical (unpaired) electrons. The Labute approximate surface area is 117 Å². The van der Waals surface area contributed by atoms with E-state index in [1.807, 2.05) is 0 Å². The van der Waals surface area contributed by atoms with Gasteiger partial charge in [0, 0.05) is 20.2 Å². The number of rotatable bonds is 7. The fourth-order valence-electron chi connectivity index (χ4n) is 1.69. The highest BCUT2D eigenvalue weighted by atomic mass is 19.1. The fraction of sp³-hybridized carbons (Fsp3) is 0.286. The van der Waals surface area contributed by atoms with Crippen LogP contribution in [0.4, 0.5) is 4.39 Å². The topological polar surface area (TPSA) is 67.3 Å². The predicted molar refractivity (Wildman–Crippen MR) is 74.3 cm³/mol. The van der Waals surface area contributed by atoms with Gasteiger partial charge in [-0.15, -0.1) is 0 Å². The summed E-state index contributed by atoms with van der Waals surface area (Å²) in [5.41, 5.74) is 0.557. The number of benzene rings is 1. The van der Waals surface area contributed by atoms with E-state index < -0.39 is 0 Å². The molecule has 108 valence electrons. The second-order valence-corrected chi connectivity index (χ2v) is 4.13. The monoisotopic (exact) mass is 279 g/mol. The van der Waals surface area contributed by atoms with Crippen LogP contribution in [0, 0.1) is 5.82 Å². The first-order valence-corrected chi connectivity index (χ1v) is 6.33. The SMILES string of the molecule is OCCNCCc1cc(Oc2ccncn2)ccc1F.[HH]. The minimum atomic E-state index is -0.272. The third kappa shape index (κ3) is 4.25. The van der Waals surface area contributed by atoms with Gasteiger partial charge in [-0.1, -0.05) is 0 Å². The number of aliphatic hydroxyl groups is 1. The molecular formula is C14H18FN3O2. The lowest BCUT2D eigenvalue weighted by atomic mass is 10.1. The highest BCUT2D eigenvalue weighted by Gasteiger charge is 2.05. The molecular weight excluding hydrogens is 261 g/mol. The molecule has 20 heavy (non-hydrogen) atoms. The van der Waals surface area contributed by atoms with Crippen molar-refractivity contribution in [2.45, 2.75) is 6.42 Å². The van der Waals surface area contributed by atoms with Crippen LogP contribution in [0.5, 0.6) is 11.6 Å². The van der Waals surface area contributed by atoms with Crippen molar-refractivity contribution in [2.24, 2.45) is 0 Å². The first kappa shape index (κ1) is 14.4. The molecule has 0 bridgehead atoms. The minimum absolute atomic E-state index is 0. The van der Waals surface area contributed by atoms with Gasteiger partial charge in [-0.2, -0.15) is 0 Å². The molecule has 6 heteroatoms. The summed E-state index contributed by atoms with van der Waals surface area (Å²) in [6, 6.07) is 6.21. The molecule has 0 unspecified atom stereocenters. The molecule has 5 nitrogen and oxygen atoms in total. The molecule has 2 N–H and O–H groups in total. The molecule has 0 saturated heterocycles. The average molecular weight is 279 g/mol.